The van der Waals surface area contributed by atoms with Gasteiger partial charge >= 0.3 is 0 Å². The van der Waals surface area contributed by atoms with E-state index in [0.29, 0.717) is 6.07 Å². The molecule has 2 heterocycles. The van der Waals surface area contributed by atoms with E-state index in [-0.39, 0.29) is 11.3 Å². The number of benzene rings is 2. The van der Waals surface area contributed by atoms with Crippen LogP contribution in [0.4, 0.5) is 26.3 Å². The molecule has 32 heavy (non-hydrogen) atoms. The summed E-state index contributed by atoms with van der Waals surface area (Å²) in [6.07, 6.45) is 2.79. The van der Waals surface area contributed by atoms with Crippen LogP contribution in [0.2, 0.25) is 0 Å². The van der Waals surface area contributed by atoms with Gasteiger partial charge in [0.05, 0.1) is 30.6 Å². The molecule has 1 atom stereocenters. The summed E-state index contributed by atoms with van der Waals surface area (Å²) < 4.78 is 86.2. The van der Waals surface area contributed by atoms with Crippen molar-refractivity contribution in [1.82, 2.24) is 30.2 Å². The molecule has 0 spiro atoms. The average molecular weight is 450 g/mol. The summed E-state index contributed by atoms with van der Waals surface area (Å²) in [4.78, 5) is 7.58. The van der Waals surface area contributed by atoms with E-state index in [1.165, 1.54) is 6.07 Å². The number of tetrazole rings is 1. The molecule has 0 radical (unpaired) electrons. The lowest BCUT2D eigenvalue weighted by Gasteiger charge is -2.26. The minimum atomic E-state index is -3.79. The summed E-state index contributed by atoms with van der Waals surface area (Å²) in [5, 5.41) is 10.3. The van der Waals surface area contributed by atoms with Crippen molar-refractivity contribution in [3.63, 3.8) is 0 Å². The van der Waals surface area contributed by atoms with Gasteiger partial charge in [-0.05, 0) is 40.3 Å². The van der Waals surface area contributed by atoms with Gasteiger partial charge in [0.1, 0.15) is 23.7 Å². The molecule has 0 bridgehead atoms. The zero-order chi connectivity index (χ0) is 22.9. The number of nitrogens with zero attached hydrogens (tertiary/aromatic N) is 6. The predicted octanol–water partition coefficient (Wildman–Crippen LogP) is 4.26. The van der Waals surface area contributed by atoms with E-state index < -0.39 is 52.9 Å². The Morgan fingerprint density at radius 2 is 1.69 bits per heavy atom. The van der Waals surface area contributed by atoms with Crippen LogP contribution in [-0.2, 0) is 12.5 Å². The first-order valence-electron chi connectivity index (χ1n) is 9.07. The van der Waals surface area contributed by atoms with Gasteiger partial charge in [-0.2, -0.15) is 8.78 Å². The second-order valence-electron chi connectivity index (χ2n) is 6.79. The van der Waals surface area contributed by atoms with Gasteiger partial charge in [0, 0.05) is 11.6 Å². The molecular formula is C20H12F6N6. The van der Waals surface area contributed by atoms with Gasteiger partial charge in [-0.15, -0.1) is 5.10 Å². The molecule has 6 nitrogen and oxygen atoms in total. The third-order valence-electron chi connectivity index (χ3n) is 4.75. The molecular weight excluding hydrogens is 438 g/mol. The summed E-state index contributed by atoms with van der Waals surface area (Å²) >= 11 is 0. The van der Waals surface area contributed by atoms with Crippen molar-refractivity contribution in [2.24, 2.45) is 0 Å². The molecule has 0 aliphatic carbocycles. The number of hydrogen-bond acceptors (Lipinski definition) is 5. The SMILES string of the molecule is Fc1ccc(C(Cn2cnnn2)C(F)(F)c2cnc(-c3ccc(F)c(F)c3)cn2)c(F)c1. The molecule has 164 valence electrons. The van der Waals surface area contributed by atoms with E-state index in [1.54, 1.807) is 0 Å². The van der Waals surface area contributed by atoms with E-state index in [0.717, 1.165) is 47.7 Å². The van der Waals surface area contributed by atoms with E-state index in [1.807, 2.05) is 0 Å². The van der Waals surface area contributed by atoms with Crippen molar-refractivity contribution >= 4 is 0 Å². The zero-order valence-electron chi connectivity index (χ0n) is 15.9. The van der Waals surface area contributed by atoms with Gasteiger partial charge in [0.15, 0.2) is 11.6 Å². The van der Waals surface area contributed by atoms with Crippen molar-refractivity contribution < 1.29 is 26.3 Å². The molecule has 1 unspecified atom stereocenters. The first-order valence-corrected chi connectivity index (χ1v) is 9.07. The van der Waals surface area contributed by atoms with Crippen LogP contribution < -0.4 is 0 Å². The maximum absolute atomic E-state index is 15.5. The monoisotopic (exact) mass is 450 g/mol. The summed E-state index contributed by atoms with van der Waals surface area (Å²) in [6, 6.07) is 5.21. The second-order valence-corrected chi connectivity index (χ2v) is 6.79. The Balaban J connectivity index is 1.72. The molecule has 0 fully saturated rings. The Morgan fingerprint density at radius 3 is 2.31 bits per heavy atom. The van der Waals surface area contributed by atoms with Crippen LogP contribution in [-0.4, -0.2) is 30.2 Å². The highest BCUT2D eigenvalue weighted by Gasteiger charge is 2.45. The fourth-order valence-electron chi connectivity index (χ4n) is 3.13. The smallest absolute Gasteiger partial charge is 0.252 e. The van der Waals surface area contributed by atoms with Crippen LogP contribution in [0.5, 0.6) is 0 Å². The maximum Gasteiger partial charge on any atom is 0.299 e. The van der Waals surface area contributed by atoms with Crippen LogP contribution in [0.25, 0.3) is 11.3 Å². The number of aromatic nitrogens is 6. The van der Waals surface area contributed by atoms with Crippen molar-refractivity contribution in [3.05, 3.63) is 89.6 Å². The lowest BCUT2D eigenvalue weighted by molar-refractivity contribution is -0.0458. The van der Waals surface area contributed by atoms with Crippen molar-refractivity contribution in [3.8, 4) is 11.3 Å². The highest BCUT2D eigenvalue weighted by atomic mass is 19.3. The third-order valence-corrected chi connectivity index (χ3v) is 4.75. The quantitative estimate of drug-likeness (QED) is 0.411. The number of hydrogen-bond donors (Lipinski definition) is 0. The molecule has 2 aromatic heterocycles. The van der Waals surface area contributed by atoms with Gasteiger partial charge < -0.3 is 0 Å². The first kappa shape index (κ1) is 21.4. The minimum Gasteiger partial charge on any atom is -0.252 e. The molecule has 0 saturated carbocycles. The average Bonchev–Trinajstić information content (AvgIpc) is 3.28. The third kappa shape index (κ3) is 4.15. The van der Waals surface area contributed by atoms with E-state index in [2.05, 4.69) is 25.5 Å². The van der Waals surface area contributed by atoms with Crippen LogP contribution in [0, 0.1) is 23.3 Å². The molecule has 2 aromatic carbocycles. The molecule has 0 saturated heterocycles. The van der Waals surface area contributed by atoms with Crippen LogP contribution >= 0.6 is 0 Å². The van der Waals surface area contributed by atoms with Crippen molar-refractivity contribution in [1.29, 1.82) is 0 Å². The lowest BCUT2D eigenvalue weighted by Crippen LogP contribution is -2.30. The summed E-state index contributed by atoms with van der Waals surface area (Å²) in [7, 11) is 0. The van der Waals surface area contributed by atoms with E-state index >= 15 is 8.78 Å². The van der Waals surface area contributed by atoms with E-state index in [9.17, 15) is 17.6 Å². The fourth-order valence-corrected chi connectivity index (χ4v) is 3.13. The Hall–Kier alpha value is -3.83. The van der Waals surface area contributed by atoms with Gasteiger partial charge in [-0.1, -0.05) is 6.07 Å². The predicted molar refractivity (Wildman–Crippen MR) is 98.2 cm³/mol. The maximum atomic E-state index is 15.5. The van der Waals surface area contributed by atoms with Gasteiger partial charge in [0.25, 0.3) is 5.92 Å². The topological polar surface area (TPSA) is 69.4 Å². The first-order chi connectivity index (χ1) is 15.3. The highest BCUT2D eigenvalue weighted by Crippen LogP contribution is 2.43. The summed E-state index contributed by atoms with van der Waals surface area (Å²) in [5.41, 5.74) is -1.14. The van der Waals surface area contributed by atoms with Crippen molar-refractivity contribution in [2.45, 2.75) is 18.4 Å². The molecule has 0 aliphatic heterocycles. The molecule has 0 amide bonds. The van der Waals surface area contributed by atoms with Crippen LogP contribution in [0.15, 0.2) is 55.1 Å². The lowest BCUT2D eigenvalue weighted by atomic mass is 9.90. The number of alkyl halides is 2. The van der Waals surface area contributed by atoms with E-state index in [4.69, 9.17) is 0 Å². The second kappa shape index (κ2) is 8.36. The Bertz CT molecular complexity index is 1230. The van der Waals surface area contributed by atoms with Crippen LogP contribution in [0.3, 0.4) is 0 Å². The fraction of sp³-hybridized carbons (Fsp3) is 0.150. The molecule has 12 heteroatoms. The van der Waals surface area contributed by atoms with Gasteiger partial charge in [-0.25, -0.2) is 22.2 Å². The number of rotatable bonds is 6. The standard InChI is InChI=1S/C20H12F6N6/c21-12-2-3-13(16(23)6-12)14(9-32-10-29-30-31-32)20(25,26)19-8-27-18(7-28-19)11-1-4-15(22)17(24)5-11/h1-8,10,14H,9H2. The largest absolute Gasteiger partial charge is 0.299 e. The Morgan fingerprint density at radius 1 is 0.875 bits per heavy atom. The number of halogens is 6. The van der Waals surface area contributed by atoms with Gasteiger partial charge in [0.2, 0.25) is 0 Å². The molecule has 4 rings (SSSR count). The Kier molecular flexibility index (Phi) is 5.59. The minimum absolute atomic E-state index is 0.0217. The van der Waals surface area contributed by atoms with Gasteiger partial charge in [-0.3, -0.25) is 9.97 Å². The van der Waals surface area contributed by atoms with Crippen LogP contribution in [0.1, 0.15) is 17.2 Å². The molecule has 0 aliphatic rings. The normalized spacial score (nSPS) is 12.7. The van der Waals surface area contributed by atoms with Crippen molar-refractivity contribution in [2.75, 3.05) is 0 Å². The summed E-state index contributed by atoms with van der Waals surface area (Å²) in [5.74, 6) is -9.95. The Labute approximate surface area is 176 Å². The highest BCUT2D eigenvalue weighted by molar-refractivity contribution is 5.58. The zero-order valence-corrected chi connectivity index (χ0v) is 15.9. The summed E-state index contributed by atoms with van der Waals surface area (Å²) in [6.45, 7) is -0.546. The molecule has 4 aromatic rings. The molecule has 0 N–H and O–H groups in total.